The summed E-state index contributed by atoms with van der Waals surface area (Å²) in [4.78, 5) is 32.4. The third-order valence-electron chi connectivity index (χ3n) is 7.16. The number of ether oxygens (including phenoxy) is 3. The zero-order chi connectivity index (χ0) is 24.7. The lowest BCUT2D eigenvalue weighted by atomic mass is 9.85. The summed E-state index contributed by atoms with van der Waals surface area (Å²) in [6, 6.07) is 5.95. The molecule has 1 aromatic rings. The van der Waals surface area contributed by atoms with Gasteiger partial charge in [0.15, 0.2) is 17.3 Å². The number of hydrogen-bond donors (Lipinski definition) is 0. The summed E-state index contributed by atoms with van der Waals surface area (Å²) in [5.74, 6) is 2.06. The fourth-order valence-corrected chi connectivity index (χ4v) is 4.53. The summed E-state index contributed by atoms with van der Waals surface area (Å²) in [5.41, 5.74) is 0.874. The highest BCUT2D eigenvalue weighted by Gasteiger charge is 2.37. The molecular weight excluding hydrogens is 434 g/mol. The molecule has 0 unspecified atom stereocenters. The Morgan fingerprint density at radius 3 is 2.41 bits per heavy atom. The molecule has 3 aliphatic rings. The number of Topliss-reactive ketones (excluding diaryl/α,β-unsaturated/α-hetero) is 1. The van der Waals surface area contributed by atoms with E-state index >= 15 is 0 Å². The first-order valence-corrected chi connectivity index (χ1v) is 12.4. The van der Waals surface area contributed by atoms with Crippen LogP contribution in [0.1, 0.15) is 45.6 Å². The number of benzene rings is 1. The highest BCUT2D eigenvalue weighted by Crippen LogP contribution is 2.33. The van der Waals surface area contributed by atoms with Gasteiger partial charge in [-0.3, -0.25) is 19.4 Å². The topological polar surface area (TPSA) is 71.6 Å². The van der Waals surface area contributed by atoms with E-state index in [9.17, 15) is 9.59 Å². The van der Waals surface area contributed by atoms with Crippen LogP contribution in [0.4, 0.5) is 0 Å². The van der Waals surface area contributed by atoms with Crippen molar-refractivity contribution in [2.45, 2.75) is 52.6 Å². The van der Waals surface area contributed by atoms with Crippen molar-refractivity contribution in [1.29, 1.82) is 0 Å². The van der Waals surface area contributed by atoms with Crippen molar-refractivity contribution >= 4 is 11.7 Å². The monoisotopic (exact) mass is 475 g/mol. The number of ketones is 1. The normalized spacial score (nSPS) is 20.7. The number of piperazine rings is 1. The van der Waals surface area contributed by atoms with E-state index in [2.05, 4.69) is 20.6 Å². The predicted molar refractivity (Wildman–Crippen MR) is 131 cm³/mol. The molecule has 4 rings (SSSR count). The minimum atomic E-state index is -0.323. The van der Waals surface area contributed by atoms with E-state index < -0.39 is 0 Å². The third kappa shape index (κ3) is 6.49. The van der Waals surface area contributed by atoms with E-state index in [1.54, 1.807) is 14.2 Å². The van der Waals surface area contributed by atoms with Crippen molar-refractivity contribution < 1.29 is 23.8 Å². The van der Waals surface area contributed by atoms with Crippen LogP contribution in [0, 0.1) is 5.41 Å². The molecule has 1 atom stereocenters. The van der Waals surface area contributed by atoms with E-state index in [1.165, 1.54) is 5.56 Å². The second-order valence-electron chi connectivity index (χ2n) is 9.99. The van der Waals surface area contributed by atoms with Crippen LogP contribution in [0.25, 0.3) is 0 Å². The van der Waals surface area contributed by atoms with Gasteiger partial charge in [-0.15, -0.1) is 0 Å². The van der Waals surface area contributed by atoms with Crippen molar-refractivity contribution in [2.75, 3.05) is 60.3 Å². The standard InChI is InChI=1S/C24H35N3O4.C2H6O/c1-4-24(2,3)22(28)16-27-9-5-6-19(27)23(29)26-12-10-25(11-13-26)15-18-7-8-20-21(14-18)31-17-30-20;1-3-2/h7-8,14,19H,4-6,9-13,15-17H2,1-3H3;1-2H3/t19-;/m0./s1. The maximum atomic E-state index is 13.2. The summed E-state index contributed by atoms with van der Waals surface area (Å²) in [5, 5.41) is 0. The van der Waals surface area contributed by atoms with Crippen molar-refractivity contribution in [3.63, 3.8) is 0 Å². The van der Waals surface area contributed by atoms with Crippen LogP contribution in [-0.4, -0.2) is 92.7 Å². The summed E-state index contributed by atoms with van der Waals surface area (Å²) in [6.07, 6.45) is 2.67. The molecule has 1 aromatic carbocycles. The van der Waals surface area contributed by atoms with Gasteiger partial charge in [-0.05, 0) is 43.5 Å². The maximum absolute atomic E-state index is 13.2. The Labute approximate surface area is 204 Å². The number of hydrogen-bond acceptors (Lipinski definition) is 7. The minimum Gasteiger partial charge on any atom is -0.454 e. The number of fused-ring (bicyclic) bond motifs is 1. The van der Waals surface area contributed by atoms with Crippen LogP contribution in [0.15, 0.2) is 18.2 Å². The average Bonchev–Trinajstić information content (AvgIpc) is 3.48. The van der Waals surface area contributed by atoms with Crippen LogP contribution in [0.5, 0.6) is 11.5 Å². The molecule has 0 N–H and O–H groups in total. The quantitative estimate of drug-likeness (QED) is 0.601. The number of carbonyl (C=O) groups excluding carboxylic acids is 2. The van der Waals surface area contributed by atoms with Gasteiger partial charge in [0.05, 0.1) is 12.6 Å². The molecule has 190 valence electrons. The van der Waals surface area contributed by atoms with Gasteiger partial charge in [-0.25, -0.2) is 0 Å². The summed E-state index contributed by atoms with van der Waals surface area (Å²) in [6.45, 7) is 11.6. The summed E-state index contributed by atoms with van der Waals surface area (Å²) < 4.78 is 15.1. The van der Waals surface area contributed by atoms with Gasteiger partial charge >= 0.3 is 0 Å². The lowest BCUT2D eigenvalue weighted by molar-refractivity contribution is -0.139. The molecule has 0 bridgehead atoms. The van der Waals surface area contributed by atoms with Crippen LogP contribution >= 0.6 is 0 Å². The number of carbonyl (C=O) groups is 2. The van der Waals surface area contributed by atoms with Gasteiger partial charge in [0.1, 0.15) is 0 Å². The third-order valence-corrected chi connectivity index (χ3v) is 7.16. The highest BCUT2D eigenvalue weighted by molar-refractivity contribution is 5.87. The van der Waals surface area contributed by atoms with E-state index in [-0.39, 0.29) is 23.1 Å². The first-order chi connectivity index (χ1) is 16.3. The molecule has 34 heavy (non-hydrogen) atoms. The molecule has 1 amide bonds. The van der Waals surface area contributed by atoms with Gasteiger partial charge in [0, 0.05) is 52.4 Å². The van der Waals surface area contributed by atoms with Gasteiger partial charge in [0.25, 0.3) is 0 Å². The molecule has 8 nitrogen and oxygen atoms in total. The molecule has 3 aliphatic heterocycles. The number of methoxy groups -OCH3 is 1. The Balaban J connectivity index is 0.00000103. The lowest BCUT2D eigenvalue weighted by Crippen LogP contribution is -2.54. The molecule has 0 spiro atoms. The lowest BCUT2D eigenvalue weighted by Gasteiger charge is -2.37. The first kappa shape index (κ1) is 26.4. The van der Waals surface area contributed by atoms with E-state index in [4.69, 9.17) is 9.47 Å². The second kappa shape index (κ2) is 12.0. The van der Waals surface area contributed by atoms with Crippen molar-refractivity contribution in [2.24, 2.45) is 5.41 Å². The van der Waals surface area contributed by atoms with Gasteiger partial charge in [-0.2, -0.15) is 0 Å². The summed E-state index contributed by atoms with van der Waals surface area (Å²) in [7, 11) is 3.25. The van der Waals surface area contributed by atoms with Crippen molar-refractivity contribution in [3.8, 4) is 11.5 Å². The molecule has 8 heteroatoms. The Kier molecular flexibility index (Phi) is 9.33. The number of likely N-dealkylation sites (tertiary alicyclic amines) is 1. The van der Waals surface area contributed by atoms with Gasteiger partial charge in [0.2, 0.25) is 12.7 Å². The van der Waals surface area contributed by atoms with Crippen LogP contribution in [-0.2, 0) is 20.9 Å². The molecule has 0 aromatic heterocycles. The second-order valence-corrected chi connectivity index (χ2v) is 9.99. The SMILES string of the molecule is CCC(C)(C)C(=O)CN1CCC[C@H]1C(=O)N1CCN(Cc2ccc3c(c2)OCO3)CC1.COC. The van der Waals surface area contributed by atoms with Crippen LogP contribution in [0.2, 0.25) is 0 Å². The van der Waals surface area contributed by atoms with Crippen LogP contribution < -0.4 is 9.47 Å². The molecular formula is C26H41N3O5. The molecule has 0 radical (unpaired) electrons. The fourth-order valence-electron chi connectivity index (χ4n) is 4.53. The molecule has 2 saturated heterocycles. The molecule has 0 aliphatic carbocycles. The van der Waals surface area contributed by atoms with Crippen LogP contribution in [0.3, 0.4) is 0 Å². The number of amides is 1. The molecule has 3 heterocycles. The fraction of sp³-hybridized carbons (Fsp3) is 0.692. The summed E-state index contributed by atoms with van der Waals surface area (Å²) >= 11 is 0. The average molecular weight is 476 g/mol. The largest absolute Gasteiger partial charge is 0.454 e. The number of nitrogens with zero attached hydrogens (tertiary/aromatic N) is 3. The van der Waals surface area contributed by atoms with E-state index in [0.717, 1.165) is 70.0 Å². The maximum Gasteiger partial charge on any atom is 0.240 e. The zero-order valence-corrected chi connectivity index (χ0v) is 21.5. The zero-order valence-electron chi connectivity index (χ0n) is 21.5. The minimum absolute atomic E-state index is 0.142. The van der Waals surface area contributed by atoms with E-state index in [1.807, 2.05) is 37.8 Å². The number of rotatable bonds is 7. The smallest absolute Gasteiger partial charge is 0.240 e. The van der Waals surface area contributed by atoms with Gasteiger partial charge < -0.3 is 19.1 Å². The molecule has 2 fully saturated rings. The Morgan fingerprint density at radius 1 is 1.06 bits per heavy atom. The Hall–Kier alpha value is -2.16. The Morgan fingerprint density at radius 2 is 1.74 bits per heavy atom. The Bertz CT molecular complexity index is 836. The van der Waals surface area contributed by atoms with Crippen molar-refractivity contribution in [3.05, 3.63) is 23.8 Å². The van der Waals surface area contributed by atoms with Crippen molar-refractivity contribution in [1.82, 2.24) is 14.7 Å². The highest BCUT2D eigenvalue weighted by atomic mass is 16.7. The van der Waals surface area contributed by atoms with E-state index in [0.29, 0.717) is 13.3 Å². The molecule has 0 saturated carbocycles. The predicted octanol–water partition coefficient (Wildman–Crippen LogP) is 2.79. The first-order valence-electron chi connectivity index (χ1n) is 12.4. The van der Waals surface area contributed by atoms with Gasteiger partial charge in [-0.1, -0.05) is 26.8 Å².